The minimum atomic E-state index is -0.826. The van der Waals surface area contributed by atoms with Gasteiger partial charge < -0.3 is 24.4 Å². The molecule has 1 unspecified atom stereocenters. The molecular weight excluding hydrogens is 458 g/mol. The van der Waals surface area contributed by atoms with Crippen molar-refractivity contribution in [1.82, 2.24) is 15.5 Å². The summed E-state index contributed by atoms with van der Waals surface area (Å²) in [7, 11) is 3.08. The summed E-state index contributed by atoms with van der Waals surface area (Å²) in [6, 6.07) is 4.44. The van der Waals surface area contributed by atoms with Crippen LogP contribution in [0.5, 0.6) is 11.5 Å². The number of nitrogens with one attached hydrogen (secondary N) is 2. The summed E-state index contributed by atoms with van der Waals surface area (Å²) in [6.07, 6.45) is 7.68. The molecule has 2 amide bonds. The lowest BCUT2D eigenvalue weighted by Gasteiger charge is -2.36. The fourth-order valence-electron chi connectivity index (χ4n) is 4.08. The molecular formula is C24H31N3O6S. The number of benzene rings is 1. The molecule has 184 valence electrons. The maximum atomic E-state index is 12.5. The smallest absolute Gasteiger partial charge is 0.308 e. The molecule has 1 atom stereocenters. The van der Waals surface area contributed by atoms with Crippen LogP contribution in [0.3, 0.4) is 0 Å². The van der Waals surface area contributed by atoms with E-state index in [9.17, 15) is 14.4 Å². The van der Waals surface area contributed by atoms with Gasteiger partial charge >= 0.3 is 5.97 Å². The van der Waals surface area contributed by atoms with Gasteiger partial charge in [0.2, 0.25) is 11.8 Å². The first-order valence-electron chi connectivity index (χ1n) is 11.4. The van der Waals surface area contributed by atoms with Crippen LogP contribution in [0, 0.1) is 0 Å². The van der Waals surface area contributed by atoms with Gasteiger partial charge in [0.15, 0.2) is 16.6 Å². The highest BCUT2D eigenvalue weighted by Gasteiger charge is 2.34. The molecule has 2 N–H and O–H groups in total. The third-order valence-corrected chi connectivity index (χ3v) is 6.20. The average Bonchev–Trinajstić information content (AvgIpc) is 2.84. The van der Waals surface area contributed by atoms with Gasteiger partial charge in [0.05, 0.1) is 20.6 Å². The lowest BCUT2D eigenvalue weighted by molar-refractivity contribution is -0.153. The van der Waals surface area contributed by atoms with Crippen LogP contribution in [-0.4, -0.2) is 67.3 Å². The lowest BCUT2D eigenvalue weighted by Crippen LogP contribution is -2.60. The van der Waals surface area contributed by atoms with E-state index in [4.69, 9.17) is 26.4 Å². The molecule has 1 aliphatic heterocycles. The number of rotatable bonds is 7. The number of amides is 2. The fourth-order valence-corrected chi connectivity index (χ4v) is 4.40. The molecule has 0 aromatic heterocycles. The lowest BCUT2D eigenvalue weighted by atomic mass is 9.98. The van der Waals surface area contributed by atoms with Gasteiger partial charge in [-0.25, -0.2) is 0 Å². The van der Waals surface area contributed by atoms with Crippen LogP contribution in [0.4, 0.5) is 0 Å². The Bertz CT molecular complexity index is 945. The summed E-state index contributed by atoms with van der Waals surface area (Å²) in [5.41, 5.74) is 0.736. The number of ether oxygens (including phenoxy) is 3. The van der Waals surface area contributed by atoms with E-state index < -0.39 is 17.9 Å². The number of piperazine rings is 1. The van der Waals surface area contributed by atoms with Gasteiger partial charge in [0.1, 0.15) is 12.1 Å². The molecule has 0 radical (unpaired) electrons. The molecule has 0 spiro atoms. The zero-order valence-corrected chi connectivity index (χ0v) is 20.3. The van der Waals surface area contributed by atoms with Crippen LogP contribution in [0.1, 0.15) is 44.1 Å². The average molecular weight is 490 g/mol. The molecule has 0 bridgehead atoms. The van der Waals surface area contributed by atoms with Crippen molar-refractivity contribution in [3.63, 3.8) is 0 Å². The summed E-state index contributed by atoms with van der Waals surface area (Å²) in [4.78, 5) is 39.0. The second-order valence-corrected chi connectivity index (χ2v) is 8.58. The minimum Gasteiger partial charge on any atom is -0.493 e. The Morgan fingerprint density at radius 3 is 2.62 bits per heavy atom. The highest BCUT2D eigenvalue weighted by molar-refractivity contribution is 7.80. The quantitative estimate of drug-likeness (QED) is 0.341. The van der Waals surface area contributed by atoms with Crippen molar-refractivity contribution >= 4 is 41.2 Å². The topological polar surface area (TPSA) is 106 Å². The zero-order valence-electron chi connectivity index (χ0n) is 19.5. The molecule has 2 fully saturated rings. The number of nitrogens with zero attached hydrogens (tertiary/aromatic N) is 1. The summed E-state index contributed by atoms with van der Waals surface area (Å²) in [5.74, 6) is -0.0652. The van der Waals surface area contributed by atoms with Crippen LogP contribution in [0.15, 0.2) is 24.3 Å². The van der Waals surface area contributed by atoms with Crippen molar-refractivity contribution in [2.45, 2.75) is 50.7 Å². The van der Waals surface area contributed by atoms with E-state index in [1.54, 1.807) is 36.3 Å². The van der Waals surface area contributed by atoms with Crippen LogP contribution in [0.2, 0.25) is 0 Å². The summed E-state index contributed by atoms with van der Waals surface area (Å²) in [5, 5.41) is 5.46. The number of methoxy groups -OCH3 is 2. The van der Waals surface area contributed by atoms with Gasteiger partial charge in [0, 0.05) is 19.2 Å². The van der Waals surface area contributed by atoms with Crippen molar-refractivity contribution in [1.29, 1.82) is 0 Å². The second kappa shape index (κ2) is 12.4. The van der Waals surface area contributed by atoms with Crippen molar-refractivity contribution in [3.8, 4) is 11.5 Å². The fraction of sp³-hybridized carbons (Fsp3) is 0.500. The molecule has 1 saturated heterocycles. The molecule has 9 nitrogen and oxygen atoms in total. The number of thiocarbonyl (C=S) groups is 1. The van der Waals surface area contributed by atoms with Crippen LogP contribution >= 0.6 is 12.2 Å². The van der Waals surface area contributed by atoms with Crippen LogP contribution in [-0.2, 0) is 19.1 Å². The number of hydrogen-bond donors (Lipinski definition) is 2. The molecule has 34 heavy (non-hydrogen) atoms. The first-order chi connectivity index (χ1) is 16.4. The summed E-state index contributed by atoms with van der Waals surface area (Å²) >= 11 is 5.39. The molecule has 10 heteroatoms. The van der Waals surface area contributed by atoms with E-state index >= 15 is 0 Å². The monoisotopic (exact) mass is 489 g/mol. The van der Waals surface area contributed by atoms with Gasteiger partial charge in [-0.15, -0.1) is 0 Å². The van der Waals surface area contributed by atoms with Crippen molar-refractivity contribution < 1.29 is 28.6 Å². The standard InChI is InChI=1S/C24H31N3O6S/c1-31-19-10-8-16(14-20(19)32-2)9-11-21(28)26-24(34)27-13-12-25-23(30)18(27)15-22(29)33-17-6-4-3-5-7-17/h8-11,14,17-18H,3-7,12-13,15H2,1-2H3,(H,25,30)(H,26,28,34). The molecule has 1 saturated carbocycles. The molecule has 3 rings (SSSR count). The highest BCUT2D eigenvalue weighted by Crippen LogP contribution is 2.28. The Morgan fingerprint density at radius 2 is 1.91 bits per heavy atom. The van der Waals surface area contributed by atoms with Gasteiger partial charge in [-0.05, 0) is 61.7 Å². The predicted octanol–water partition coefficient (Wildman–Crippen LogP) is 2.18. The minimum absolute atomic E-state index is 0.0882. The molecule has 2 aliphatic rings. The third kappa shape index (κ3) is 6.93. The Morgan fingerprint density at radius 1 is 1.18 bits per heavy atom. The number of hydrogen-bond acceptors (Lipinski definition) is 7. The van der Waals surface area contributed by atoms with E-state index in [2.05, 4.69) is 10.6 Å². The maximum absolute atomic E-state index is 12.5. The molecule has 1 aromatic rings. The Labute approximate surface area is 204 Å². The summed E-state index contributed by atoms with van der Waals surface area (Å²) in [6.45, 7) is 0.746. The normalized spacial score (nSPS) is 18.8. The SMILES string of the molecule is COc1ccc(C=CC(=O)NC(=S)N2CCNC(=O)C2CC(=O)OC2CCCCC2)cc1OC. The van der Waals surface area contributed by atoms with E-state index in [-0.39, 0.29) is 23.5 Å². The zero-order chi connectivity index (χ0) is 24.5. The van der Waals surface area contributed by atoms with E-state index in [1.807, 2.05) is 0 Å². The highest BCUT2D eigenvalue weighted by atomic mass is 32.1. The van der Waals surface area contributed by atoms with Crippen LogP contribution in [0.25, 0.3) is 6.08 Å². The number of carbonyl (C=O) groups excluding carboxylic acids is 3. The largest absolute Gasteiger partial charge is 0.493 e. The second-order valence-electron chi connectivity index (χ2n) is 8.20. The molecule has 1 heterocycles. The third-order valence-electron chi connectivity index (χ3n) is 5.87. The van der Waals surface area contributed by atoms with Gasteiger partial charge in [-0.2, -0.15) is 0 Å². The van der Waals surface area contributed by atoms with Crippen molar-refractivity contribution in [3.05, 3.63) is 29.8 Å². The summed E-state index contributed by atoms with van der Waals surface area (Å²) < 4.78 is 16.0. The Hall–Kier alpha value is -3.14. The van der Waals surface area contributed by atoms with Crippen LogP contribution < -0.4 is 20.1 Å². The first kappa shape index (κ1) is 25.5. The van der Waals surface area contributed by atoms with Gasteiger partial charge in [-0.3, -0.25) is 19.7 Å². The van der Waals surface area contributed by atoms with Crippen molar-refractivity contribution in [2.24, 2.45) is 0 Å². The predicted molar refractivity (Wildman–Crippen MR) is 130 cm³/mol. The Kier molecular flexibility index (Phi) is 9.26. The van der Waals surface area contributed by atoms with Gasteiger partial charge in [0.25, 0.3) is 0 Å². The number of esters is 1. The molecule has 1 aliphatic carbocycles. The van der Waals surface area contributed by atoms with Gasteiger partial charge in [-0.1, -0.05) is 12.5 Å². The van der Waals surface area contributed by atoms with E-state index in [1.165, 1.54) is 13.2 Å². The molecule has 1 aromatic carbocycles. The maximum Gasteiger partial charge on any atom is 0.308 e. The first-order valence-corrected chi connectivity index (χ1v) is 11.8. The number of carbonyl (C=O) groups is 3. The van der Waals surface area contributed by atoms with E-state index in [0.29, 0.717) is 24.6 Å². The van der Waals surface area contributed by atoms with Crippen molar-refractivity contribution in [2.75, 3.05) is 27.3 Å². The van der Waals surface area contributed by atoms with E-state index in [0.717, 1.165) is 37.7 Å². The Balaban J connectivity index is 1.58.